The lowest BCUT2D eigenvalue weighted by molar-refractivity contribution is -0.121. The number of para-hydroxylation sites is 2. The molecule has 0 fully saturated rings. The molecule has 1 heterocycles. The van der Waals surface area contributed by atoms with Crippen LogP contribution in [0.25, 0.3) is 11.0 Å². The molecule has 0 spiro atoms. The van der Waals surface area contributed by atoms with Crippen LogP contribution in [0.15, 0.2) is 53.3 Å². The van der Waals surface area contributed by atoms with Crippen LogP contribution in [0.4, 0.5) is 0 Å². The molecule has 1 unspecified atom stereocenters. The second-order valence-corrected chi connectivity index (χ2v) is 7.16. The molecule has 29 heavy (non-hydrogen) atoms. The minimum absolute atomic E-state index is 0.00932. The van der Waals surface area contributed by atoms with E-state index in [9.17, 15) is 9.59 Å². The Kier molecular flexibility index (Phi) is 6.39. The van der Waals surface area contributed by atoms with Crippen LogP contribution in [0.3, 0.4) is 0 Å². The average Bonchev–Trinajstić information content (AvgIpc) is 2.99. The summed E-state index contributed by atoms with van der Waals surface area (Å²) in [6.45, 7) is 2.91. The number of likely N-dealkylation sites (N-methyl/N-ethyl adjacent to an activating group) is 1. The van der Waals surface area contributed by atoms with Crippen molar-refractivity contribution in [3.05, 3.63) is 64.6 Å². The van der Waals surface area contributed by atoms with Crippen molar-refractivity contribution in [2.45, 2.75) is 26.1 Å². The standard InChI is InChI=1S/C22H28N4O3/c1-5-25-18-11-6-7-12-19(18)26(22(25)28)15-21(27)23-14-20(24(2)3)16-9-8-10-17(13-16)29-4/h6-13,20H,5,14-15H2,1-4H3,(H,23,27). The lowest BCUT2D eigenvalue weighted by Crippen LogP contribution is -2.38. The Labute approximate surface area is 170 Å². The van der Waals surface area contributed by atoms with Crippen molar-refractivity contribution in [2.75, 3.05) is 27.7 Å². The molecule has 1 amide bonds. The molecule has 154 valence electrons. The zero-order chi connectivity index (χ0) is 21.0. The third-order valence-electron chi connectivity index (χ3n) is 5.14. The van der Waals surface area contributed by atoms with Crippen molar-refractivity contribution in [3.8, 4) is 5.75 Å². The first-order valence-corrected chi connectivity index (χ1v) is 9.71. The second kappa shape index (κ2) is 8.96. The van der Waals surface area contributed by atoms with Crippen LogP contribution in [-0.2, 0) is 17.9 Å². The van der Waals surface area contributed by atoms with Gasteiger partial charge in [-0.1, -0.05) is 24.3 Å². The fourth-order valence-corrected chi connectivity index (χ4v) is 3.59. The summed E-state index contributed by atoms with van der Waals surface area (Å²) < 4.78 is 8.52. The number of nitrogens with zero attached hydrogens (tertiary/aromatic N) is 3. The van der Waals surface area contributed by atoms with E-state index < -0.39 is 0 Å². The summed E-state index contributed by atoms with van der Waals surface area (Å²) >= 11 is 0. The SMILES string of the molecule is CCn1c(=O)n(CC(=O)NCC(c2cccc(OC)c2)N(C)C)c2ccccc21. The molecule has 0 aliphatic carbocycles. The Hall–Kier alpha value is -3.06. The Bertz CT molecular complexity index is 1050. The molecule has 0 radical (unpaired) electrons. The monoisotopic (exact) mass is 396 g/mol. The lowest BCUT2D eigenvalue weighted by atomic mass is 10.1. The quantitative estimate of drug-likeness (QED) is 0.634. The molecule has 2 aromatic carbocycles. The zero-order valence-electron chi connectivity index (χ0n) is 17.4. The van der Waals surface area contributed by atoms with E-state index in [1.54, 1.807) is 11.7 Å². The van der Waals surface area contributed by atoms with Gasteiger partial charge in [0.05, 0.1) is 24.2 Å². The summed E-state index contributed by atoms with van der Waals surface area (Å²) in [4.78, 5) is 27.4. The van der Waals surface area contributed by atoms with Gasteiger partial charge in [-0.15, -0.1) is 0 Å². The first-order valence-electron chi connectivity index (χ1n) is 9.71. The molecule has 1 aromatic heterocycles. The number of amides is 1. The first-order chi connectivity index (χ1) is 14.0. The minimum atomic E-state index is -0.194. The fourth-order valence-electron chi connectivity index (χ4n) is 3.59. The van der Waals surface area contributed by atoms with Crippen molar-refractivity contribution in [1.82, 2.24) is 19.4 Å². The number of aromatic nitrogens is 2. The number of imidazole rings is 1. The number of benzene rings is 2. The molecule has 0 bridgehead atoms. The molecule has 7 heteroatoms. The maximum Gasteiger partial charge on any atom is 0.329 e. The smallest absolute Gasteiger partial charge is 0.329 e. The van der Waals surface area contributed by atoms with E-state index in [-0.39, 0.29) is 24.2 Å². The number of fused-ring (bicyclic) bond motifs is 1. The van der Waals surface area contributed by atoms with Crippen molar-refractivity contribution < 1.29 is 9.53 Å². The molecule has 1 atom stereocenters. The van der Waals surface area contributed by atoms with E-state index in [1.807, 2.05) is 74.4 Å². The van der Waals surface area contributed by atoms with E-state index in [2.05, 4.69) is 5.32 Å². The van der Waals surface area contributed by atoms with Crippen LogP contribution in [0.1, 0.15) is 18.5 Å². The van der Waals surface area contributed by atoms with Gasteiger partial charge in [-0.2, -0.15) is 0 Å². The van der Waals surface area contributed by atoms with Gasteiger partial charge in [0, 0.05) is 13.1 Å². The van der Waals surface area contributed by atoms with Gasteiger partial charge in [0.2, 0.25) is 5.91 Å². The van der Waals surface area contributed by atoms with E-state index >= 15 is 0 Å². The number of carbonyl (C=O) groups excluding carboxylic acids is 1. The van der Waals surface area contributed by atoms with E-state index in [4.69, 9.17) is 4.74 Å². The fraction of sp³-hybridized carbons (Fsp3) is 0.364. The number of hydrogen-bond acceptors (Lipinski definition) is 4. The Morgan fingerprint density at radius 2 is 1.79 bits per heavy atom. The van der Waals surface area contributed by atoms with Gasteiger partial charge in [-0.25, -0.2) is 4.79 Å². The van der Waals surface area contributed by atoms with Crippen molar-refractivity contribution in [3.63, 3.8) is 0 Å². The normalized spacial score (nSPS) is 12.3. The van der Waals surface area contributed by atoms with Crippen molar-refractivity contribution >= 4 is 16.9 Å². The highest BCUT2D eigenvalue weighted by molar-refractivity contribution is 5.81. The van der Waals surface area contributed by atoms with E-state index in [1.165, 1.54) is 4.57 Å². The molecule has 3 rings (SSSR count). The molecule has 7 nitrogen and oxygen atoms in total. The molecule has 0 aliphatic rings. The number of nitrogens with one attached hydrogen (secondary N) is 1. The highest BCUT2D eigenvalue weighted by Crippen LogP contribution is 2.22. The Morgan fingerprint density at radius 1 is 1.10 bits per heavy atom. The van der Waals surface area contributed by atoms with Crippen LogP contribution in [0, 0.1) is 0 Å². The average molecular weight is 396 g/mol. The van der Waals surface area contributed by atoms with Crippen molar-refractivity contribution in [2.24, 2.45) is 0 Å². The van der Waals surface area contributed by atoms with Gasteiger partial charge in [-0.3, -0.25) is 13.9 Å². The Morgan fingerprint density at radius 3 is 2.41 bits per heavy atom. The summed E-state index contributed by atoms with van der Waals surface area (Å²) in [5.74, 6) is 0.584. The zero-order valence-corrected chi connectivity index (χ0v) is 17.4. The summed E-state index contributed by atoms with van der Waals surface area (Å²) in [5, 5.41) is 2.98. The van der Waals surface area contributed by atoms with E-state index in [0.29, 0.717) is 13.1 Å². The summed E-state index contributed by atoms with van der Waals surface area (Å²) in [5.41, 5.74) is 2.50. The highest BCUT2D eigenvalue weighted by Gasteiger charge is 2.18. The van der Waals surface area contributed by atoms with Gasteiger partial charge in [-0.05, 0) is 50.8 Å². The predicted octanol–water partition coefficient (Wildman–Crippen LogP) is 2.25. The minimum Gasteiger partial charge on any atom is -0.497 e. The number of methoxy groups -OCH3 is 1. The van der Waals surface area contributed by atoms with Gasteiger partial charge in [0.1, 0.15) is 12.3 Å². The largest absolute Gasteiger partial charge is 0.497 e. The van der Waals surface area contributed by atoms with Gasteiger partial charge < -0.3 is 15.0 Å². The second-order valence-electron chi connectivity index (χ2n) is 7.16. The molecular formula is C22H28N4O3. The van der Waals surface area contributed by atoms with E-state index in [0.717, 1.165) is 22.3 Å². The number of ether oxygens (including phenoxy) is 1. The van der Waals surface area contributed by atoms with Gasteiger partial charge >= 0.3 is 5.69 Å². The number of carbonyl (C=O) groups is 1. The molecule has 0 saturated heterocycles. The third-order valence-corrected chi connectivity index (χ3v) is 5.14. The lowest BCUT2D eigenvalue weighted by Gasteiger charge is -2.25. The summed E-state index contributed by atoms with van der Waals surface area (Å²) in [6.07, 6.45) is 0. The predicted molar refractivity (Wildman–Crippen MR) is 114 cm³/mol. The maximum atomic E-state index is 12.7. The Balaban J connectivity index is 1.76. The van der Waals surface area contributed by atoms with Gasteiger partial charge in [0.15, 0.2) is 0 Å². The van der Waals surface area contributed by atoms with Crippen LogP contribution in [0.5, 0.6) is 5.75 Å². The molecule has 3 aromatic rings. The van der Waals surface area contributed by atoms with Crippen LogP contribution in [0.2, 0.25) is 0 Å². The number of aryl methyl sites for hydroxylation is 1. The van der Waals surface area contributed by atoms with Crippen LogP contribution < -0.4 is 15.7 Å². The van der Waals surface area contributed by atoms with Crippen LogP contribution in [-0.4, -0.2) is 47.7 Å². The van der Waals surface area contributed by atoms with Crippen molar-refractivity contribution in [1.29, 1.82) is 0 Å². The first kappa shape index (κ1) is 20.7. The molecule has 1 N–H and O–H groups in total. The molecule has 0 aliphatic heterocycles. The molecular weight excluding hydrogens is 368 g/mol. The topological polar surface area (TPSA) is 68.5 Å². The number of rotatable bonds is 8. The number of hydrogen-bond donors (Lipinski definition) is 1. The highest BCUT2D eigenvalue weighted by atomic mass is 16.5. The maximum absolute atomic E-state index is 12.7. The summed E-state index contributed by atoms with van der Waals surface area (Å²) in [7, 11) is 5.57. The van der Waals surface area contributed by atoms with Crippen LogP contribution >= 0.6 is 0 Å². The third kappa shape index (κ3) is 4.35. The van der Waals surface area contributed by atoms with Gasteiger partial charge in [0.25, 0.3) is 0 Å². The molecule has 0 saturated carbocycles. The summed E-state index contributed by atoms with van der Waals surface area (Å²) in [6, 6.07) is 15.3.